The molecule has 5 heteroatoms. The van der Waals surface area contributed by atoms with Gasteiger partial charge in [-0.05, 0) is 30.7 Å². The van der Waals surface area contributed by atoms with E-state index in [1.165, 1.54) is 5.56 Å². The van der Waals surface area contributed by atoms with Crippen LogP contribution in [0.25, 0.3) is 11.0 Å². The monoisotopic (exact) mass is 313 g/mol. The number of rotatable bonds is 4. The Balaban J connectivity index is 1.92. The van der Waals surface area contributed by atoms with Crippen LogP contribution in [0.4, 0.5) is 5.69 Å². The predicted molar refractivity (Wildman–Crippen MR) is 91.7 cm³/mol. The minimum Gasteiger partial charge on any atom is -0.377 e. The molecule has 0 amide bonds. The summed E-state index contributed by atoms with van der Waals surface area (Å²) < 4.78 is 12.7. The highest BCUT2D eigenvalue weighted by molar-refractivity contribution is 7.84. The second-order valence-corrected chi connectivity index (χ2v) is 6.94. The molecule has 3 aromatic rings. The first-order valence-electron chi connectivity index (χ1n) is 7.14. The summed E-state index contributed by atoms with van der Waals surface area (Å²) in [5, 5.41) is 0.535. The number of aryl methyl sites for hydroxylation is 1. The molecule has 2 aromatic carbocycles. The summed E-state index contributed by atoms with van der Waals surface area (Å²) in [5.74, 6) is 0.453. The number of para-hydroxylation sites is 2. The number of hydrogen-bond acceptors (Lipinski definition) is 3. The van der Waals surface area contributed by atoms with Gasteiger partial charge in [-0.25, -0.2) is 4.98 Å². The molecule has 0 aliphatic carbocycles. The first-order valence-corrected chi connectivity index (χ1v) is 8.46. The van der Waals surface area contributed by atoms with Crippen LogP contribution in [-0.4, -0.2) is 28.3 Å². The number of nitrogens with one attached hydrogen (secondary N) is 1. The third kappa shape index (κ3) is 2.90. The van der Waals surface area contributed by atoms with Crippen LogP contribution < -0.4 is 4.90 Å². The molecular formula is C17H19N3OS. The maximum absolute atomic E-state index is 12.7. The maximum Gasteiger partial charge on any atom is 0.197 e. The molecule has 0 saturated carbocycles. The Hall–Kier alpha value is -2.14. The molecule has 0 spiro atoms. The minimum absolute atomic E-state index is 0.453. The molecule has 114 valence electrons. The van der Waals surface area contributed by atoms with Gasteiger partial charge in [-0.3, -0.25) is 4.21 Å². The van der Waals surface area contributed by atoms with Crippen molar-refractivity contribution in [1.29, 1.82) is 0 Å². The van der Waals surface area contributed by atoms with E-state index in [1.54, 1.807) is 0 Å². The van der Waals surface area contributed by atoms with Crippen molar-refractivity contribution in [3.63, 3.8) is 0 Å². The molecule has 0 saturated heterocycles. The van der Waals surface area contributed by atoms with Crippen molar-refractivity contribution >= 4 is 27.5 Å². The van der Waals surface area contributed by atoms with Crippen LogP contribution in [0.2, 0.25) is 0 Å². The Morgan fingerprint density at radius 2 is 1.95 bits per heavy atom. The van der Waals surface area contributed by atoms with Crippen LogP contribution in [0.3, 0.4) is 0 Å². The molecule has 0 aliphatic rings. The number of benzene rings is 2. The molecule has 4 nitrogen and oxygen atoms in total. The predicted octanol–water partition coefficient (Wildman–Crippen LogP) is 3.25. The molecule has 0 bridgehead atoms. The maximum atomic E-state index is 12.7. The number of H-pyrrole nitrogens is 1. The molecule has 1 aromatic heterocycles. The summed E-state index contributed by atoms with van der Waals surface area (Å²) in [6, 6.07) is 14.0. The molecule has 0 fully saturated rings. The highest BCUT2D eigenvalue weighted by Gasteiger charge is 2.14. The summed E-state index contributed by atoms with van der Waals surface area (Å²) in [6.45, 7) is 2.05. The Kier molecular flexibility index (Phi) is 3.98. The SMILES string of the molecule is Cc1ccc(N(C)C)c(CS(=O)c2nc3ccccc3[nH]2)c1. The van der Waals surface area contributed by atoms with E-state index < -0.39 is 10.8 Å². The van der Waals surface area contributed by atoms with E-state index in [0.29, 0.717) is 10.9 Å². The molecule has 1 heterocycles. The van der Waals surface area contributed by atoms with E-state index in [9.17, 15) is 4.21 Å². The summed E-state index contributed by atoms with van der Waals surface area (Å²) in [6.07, 6.45) is 0. The Labute approximate surface area is 132 Å². The van der Waals surface area contributed by atoms with Crippen molar-refractivity contribution in [2.45, 2.75) is 17.8 Å². The number of nitrogens with zero attached hydrogens (tertiary/aromatic N) is 2. The van der Waals surface area contributed by atoms with Crippen LogP contribution in [0.15, 0.2) is 47.6 Å². The van der Waals surface area contributed by atoms with Crippen LogP contribution in [0, 0.1) is 6.92 Å². The Morgan fingerprint density at radius 3 is 2.68 bits per heavy atom. The summed E-state index contributed by atoms with van der Waals surface area (Å²) in [4.78, 5) is 9.64. The number of hydrogen-bond donors (Lipinski definition) is 1. The van der Waals surface area contributed by atoms with Gasteiger partial charge in [0.05, 0.1) is 27.6 Å². The van der Waals surface area contributed by atoms with Crippen LogP contribution in [0.1, 0.15) is 11.1 Å². The minimum atomic E-state index is -1.20. The fourth-order valence-electron chi connectivity index (χ4n) is 2.51. The number of aromatic amines is 1. The molecule has 0 radical (unpaired) electrons. The van der Waals surface area contributed by atoms with Crippen molar-refractivity contribution in [2.24, 2.45) is 0 Å². The highest BCUT2D eigenvalue weighted by Crippen LogP contribution is 2.23. The quantitative estimate of drug-likeness (QED) is 0.804. The van der Waals surface area contributed by atoms with Gasteiger partial charge < -0.3 is 9.88 Å². The summed E-state index contributed by atoms with van der Waals surface area (Å²) in [5.41, 5.74) is 5.10. The third-order valence-corrected chi connectivity index (χ3v) is 4.78. The zero-order chi connectivity index (χ0) is 15.7. The van der Waals surface area contributed by atoms with E-state index in [1.807, 2.05) is 50.2 Å². The van der Waals surface area contributed by atoms with Crippen molar-refractivity contribution in [3.8, 4) is 0 Å². The first kappa shape index (κ1) is 14.8. The van der Waals surface area contributed by atoms with Gasteiger partial charge in [-0.2, -0.15) is 0 Å². The zero-order valence-corrected chi connectivity index (χ0v) is 13.8. The normalized spacial score (nSPS) is 12.5. The van der Waals surface area contributed by atoms with Gasteiger partial charge in [-0.15, -0.1) is 0 Å². The molecule has 3 rings (SSSR count). The molecule has 1 N–H and O–H groups in total. The fourth-order valence-corrected chi connectivity index (χ4v) is 3.59. The van der Waals surface area contributed by atoms with Crippen LogP contribution in [-0.2, 0) is 16.6 Å². The lowest BCUT2D eigenvalue weighted by Gasteiger charge is -2.17. The second kappa shape index (κ2) is 5.93. The van der Waals surface area contributed by atoms with Gasteiger partial charge in [0, 0.05) is 19.8 Å². The van der Waals surface area contributed by atoms with E-state index in [-0.39, 0.29) is 0 Å². The number of fused-ring (bicyclic) bond motifs is 1. The van der Waals surface area contributed by atoms with Gasteiger partial charge in [0.25, 0.3) is 0 Å². The number of imidazole rings is 1. The van der Waals surface area contributed by atoms with Gasteiger partial charge in [0.15, 0.2) is 5.16 Å². The molecular weight excluding hydrogens is 294 g/mol. The van der Waals surface area contributed by atoms with Gasteiger partial charge in [0.2, 0.25) is 0 Å². The van der Waals surface area contributed by atoms with E-state index in [4.69, 9.17) is 0 Å². The van der Waals surface area contributed by atoms with Gasteiger partial charge in [-0.1, -0.05) is 29.8 Å². The van der Waals surface area contributed by atoms with Crippen molar-refractivity contribution < 1.29 is 4.21 Å². The number of aromatic nitrogens is 2. The first-order chi connectivity index (χ1) is 10.5. The molecule has 1 unspecified atom stereocenters. The van der Waals surface area contributed by atoms with E-state index >= 15 is 0 Å². The lowest BCUT2D eigenvalue weighted by atomic mass is 10.1. The topological polar surface area (TPSA) is 49.0 Å². The standard InChI is InChI=1S/C17H19N3OS/c1-12-8-9-16(20(2)3)13(10-12)11-22(21)17-18-14-6-4-5-7-15(14)19-17/h4-10H,11H2,1-3H3,(H,18,19). The number of anilines is 1. The van der Waals surface area contributed by atoms with E-state index in [0.717, 1.165) is 22.3 Å². The zero-order valence-electron chi connectivity index (χ0n) is 13.0. The highest BCUT2D eigenvalue weighted by atomic mass is 32.2. The van der Waals surface area contributed by atoms with Crippen molar-refractivity contribution in [1.82, 2.24) is 9.97 Å². The van der Waals surface area contributed by atoms with Gasteiger partial charge >= 0.3 is 0 Å². The average Bonchev–Trinajstić information content (AvgIpc) is 2.91. The lowest BCUT2D eigenvalue weighted by molar-refractivity contribution is 0.677. The fraction of sp³-hybridized carbons (Fsp3) is 0.235. The van der Waals surface area contributed by atoms with E-state index in [2.05, 4.69) is 28.2 Å². The summed E-state index contributed by atoms with van der Waals surface area (Å²) in [7, 11) is 2.80. The largest absolute Gasteiger partial charge is 0.377 e. The Bertz CT molecular complexity index is 806. The lowest BCUT2D eigenvalue weighted by Crippen LogP contribution is -2.12. The second-order valence-electron chi connectivity index (χ2n) is 5.58. The average molecular weight is 313 g/mol. The third-order valence-electron chi connectivity index (χ3n) is 3.59. The molecule has 0 aliphatic heterocycles. The van der Waals surface area contributed by atoms with Gasteiger partial charge in [0.1, 0.15) is 0 Å². The Morgan fingerprint density at radius 1 is 1.18 bits per heavy atom. The molecule has 22 heavy (non-hydrogen) atoms. The smallest absolute Gasteiger partial charge is 0.197 e. The van der Waals surface area contributed by atoms with Crippen molar-refractivity contribution in [3.05, 3.63) is 53.6 Å². The molecule has 1 atom stereocenters. The van der Waals surface area contributed by atoms with Crippen molar-refractivity contribution in [2.75, 3.05) is 19.0 Å². The van der Waals surface area contributed by atoms with Crippen LogP contribution in [0.5, 0.6) is 0 Å². The summed E-state index contributed by atoms with van der Waals surface area (Å²) >= 11 is 0. The van der Waals surface area contributed by atoms with Crippen LogP contribution >= 0.6 is 0 Å².